The van der Waals surface area contributed by atoms with Gasteiger partial charge in [0.05, 0.1) is 0 Å². The first-order valence-electron chi connectivity index (χ1n) is 3.48. The number of hydrogen-bond donors (Lipinski definition) is 0. The van der Waals surface area contributed by atoms with Crippen LogP contribution in [-0.4, -0.2) is 30.4 Å². The zero-order valence-corrected chi connectivity index (χ0v) is 8.77. The molecule has 0 radical (unpaired) electrons. The lowest BCUT2D eigenvalue weighted by atomic mass is 10.2. The van der Waals surface area contributed by atoms with E-state index in [0.717, 1.165) is 6.54 Å². The second kappa shape index (κ2) is 4.91. The van der Waals surface area contributed by atoms with Crippen LogP contribution < -0.4 is 0 Å². The molecule has 10 heavy (non-hydrogen) atoms. The van der Waals surface area contributed by atoms with Crippen LogP contribution in [0.2, 0.25) is 0 Å². The summed E-state index contributed by atoms with van der Waals surface area (Å²) in [6, 6.07) is 0. The Labute approximate surface area is 72.2 Å². The lowest BCUT2D eigenvalue weighted by Crippen LogP contribution is -2.14. The molecule has 0 saturated heterocycles. The van der Waals surface area contributed by atoms with Crippen molar-refractivity contribution in [3.05, 3.63) is 11.6 Å². The van der Waals surface area contributed by atoms with E-state index in [2.05, 4.69) is 54.8 Å². The van der Waals surface area contributed by atoms with Gasteiger partial charge in [0.1, 0.15) is 0 Å². The van der Waals surface area contributed by atoms with Gasteiger partial charge in [-0.25, -0.2) is 0 Å². The van der Waals surface area contributed by atoms with Crippen LogP contribution in [0, 0.1) is 0 Å². The van der Waals surface area contributed by atoms with Crippen molar-refractivity contribution < 1.29 is 0 Å². The second-order valence-corrected chi connectivity index (χ2v) is 4.37. The molecule has 1 unspecified atom stereocenters. The molecule has 0 aliphatic heterocycles. The molecule has 0 rings (SSSR count). The Morgan fingerprint density at radius 2 is 2.10 bits per heavy atom. The summed E-state index contributed by atoms with van der Waals surface area (Å²) in [6.07, 6.45) is 2.22. The van der Waals surface area contributed by atoms with Crippen molar-refractivity contribution in [2.75, 3.05) is 20.6 Å². The highest BCUT2D eigenvalue weighted by Crippen LogP contribution is 2.04. The van der Waals surface area contributed by atoms with Crippen LogP contribution in [0.3, 0.4) is 0 Å². The van der Waals surface area contributed by atoms with Gasteiger partial charge in [-0.15, -0.1) is 0 Å². The van der Waals surface area contributed by atoms with E-state index in [0.29, 0.717) is 4.83 Å². The molecule has 0 aliphatic rings. The van der Waals surface area contributed by atoms with Crippen molar-refractivity contribution in [1.29, 1.82) is 0 Å². The molecule has 0 fully saturated rings. The first kappa shape index (κ1) is 10.2. The summed E-state index contributed by atoms with van der Waals surface area (Å²) in [5.41, 5.74) is 1.41. The van der Waals surface area contributed by atoms with Gasteiger partial charge in [0.15, 0.2) is 0 Å². The van der Waals surface area contributed by atoms with E-state index in [9.17, 15) is 0 Å². The van der Waals surface area contributed by atoms with Gasteiger partial charge >= 0.3 is 0 Å². The summed E-state index contributed by atoms with van der Waals surface area (Å²) in [7, 11) is 4.16. The first-order valence-corrected chi connectivity index (χ1v) is 4.40. The van der Waals surface area contributed by atoms with E-state index in [1.165, 1.54) is 5.57 Å². The Kier molecular flexibility index (Phi) is 5.00. The molecular weight excluding hydrogens is 190 g/mol. The van der Waals surface area contributed by atoms with Gasteiger partial charge in [0.25, 0.3) is 0 Å². The fourth-order valence-electron chi connectivity index (χ4n) is 0.944. The van der Waals surface area contributed by atoms with Crippen molar-refractivity contribution >= 4 is 15.9 Å². The maximum atomic E-state index is 3.47. The summed E-state index contributed by atoms with van der Waals surface area (Å²) in [6.45, 7) is 5.33. The van der Waals surface area contributed by atoms with Crippen molar-refractivity contribution in [3.63, 3.8) is 0 Å². The maximum absolute atomic E-state index is 3.47. The van der Waals surface area contributed by atoms with Crippen LogP contribution in [-0.2, 0) is 0 Å². The predicted molar refractivity (Wildman–Crippen MR) is 50.7 cm³/mol. The predicted octanol–water partition coefficient (Wildman–Crippen LogP) is 2.28. The van der Waals surface area contributed by atoms with Gasteiger partial charge in [-0.3, -0.25) is 0 Å². The fourth-order valence-corrected chi connectivity index (χ4v) is 1.39. The van der Waals surface area contributed by atoms with Crippen molar-refractivity contribution in [3.8, 4) is 0 Å². The number of rotatable bonds is 3. The second-order valence-electron chi connectivity index (χ2n) is 2.93. The largest absolute Gasteiger partial charge is 0.305 e. The molecule has 0 aromatic carbocycles. The Hall–Kier alpha value is 0.180. The zero-order chi connectivity index (χ0) is 8.15. The van der Waals surface area contributed by atoms with Crippen molar-refractivity contribution in [2.45, 2.75) is 18.7 Å². The minimum Gasteiger partial charge on any atom is -0.305 e. The summed E-state index contributed by atoms with van der Waals surface area (Å²) >= 11 is 3.47. The third-order valence-electron chi connectivity index (χ3n) is 1.08. The molecule has 1 atom stereocenters. The number of hydrogen-bond acceptors (Lipinski definition) is 1. The first-order chi connectivity index (χ1) is 4.52. The third-order valence-corrected chi connectivity index (χ3v) is 1.34. The molecule has 0 bridgehead atoms. The number of nitrogens with zero attached hydrogens (tertiary/aromatic N) is 1. The van der Waals surface area contributed by atoms with Gasteiger partial charge in [-0.2, -0.15) is 0 Å². The Bertz CT molecular complexity index is 116. The fraction of sp³-hybridized carbons (Fsp3) is 0.750. The van der Waals surface area contributed by atoms with Gasteiger partial charge < -0.3 is 4.90 Å². The van der Waals surface area contributed by atoms with Crippen LogP contribution in [0.1, 0.15) is 13.8 Å². The molecule has 0 aliphatic carbocycles. The monoisotopic (exact) mass is 205 g/mol. The molecule has 0 N–H and O–H groups in total. The molecule has 0 saturated carbocycles. The van der Waals surface area contributed by atoms with Gasteiger partial charge in [0.2, 0.25) is 0 Å². The highest BCUT2D eigenvalue weighted by Gasteiger charge is 1.94. The normalized spacial score (nSPS) is 16.0. The molecule has 2 heteroatoms. The van der Waals surface area contributed by atoms with Crippen molar-refractivity contribution in [2.24, 2.45) is 0 Å². The molecule has 0 amide bonds. The van der Waals surface area contributed by atoms with Gasteiger partial charge in [-0.1, -0.05) is 27.6 Å². The Morgan fingerprint density at radius 3 is 2.40 bits per heavy atom. The van der Waals surface area contributed by atoms with E-state index < -0.39 is 0 Å². The maximum Gasteiger partial charge on any atom is 0.0300 e. The standard InChI is InChI=1S/C8H16BrN/c1-7(5-8(2)9)6-10(3)4/h5,8H,6H2,1-4H3/b7-5-. The van der Waals surface area contributed by atoms with E-state index in [1.807, 2.05) is 0 Å². The number of alkyl halides is 1. The van der Waals surface area contributed by atoms with E-state index in [-0.39, 0.29) is 0 Å². The van der Waals surface area contributed by atoms with Crippen LogP contribution >= 0.6 is 15.9 Å². The van der Waals surface area contributed by atoms with Crippen molar-refractivity contribution in [1.82, 2.24) is 4.90 Å². The Morgan fingerprint density at radius 1 is 1.60 bits per heavy atom. The third kappa shape index (κ3) is 6.30. The molecule has 1 nitrogen and oxygen atoms in total. The zero-order valence-electron chi connectivity index (χ0n) is 7.19. The molecule has 0 heterocycles. The minimum absolute atomic E-state index is 0.493. The quantitative estimate of drug-likeness (QED) is 0.505. The highest BCUT2D eigenvalue weighted by molar-refractivity contribution is 9.09. The number of allylic oxidation sites excluding steroid dienone is 1. The van der Waals surface area contributed by atoms with E-state index in [1.54, 1.807) is 0 Å². The number of halogens is 1. The average molecular weight is 206 g/mol. The molecule has 0 spiro atoms. The lowest BCUT2D eigenvalue weighted by molar-refractivity contribution is 0.445. The van der Waals surface area contributed by atoms with E-state index in [4.69, 9.17) is 0 Å². The van der Waals surface area contributed by atoms with Gasteiger partial charge in [-0.05, 0) is 27.9 Å². The lowest BCUT2D eigenvalue weighted by Gasteiger charge is -2.09. The molecule has 0 aromatic rings. The van der Waals surface area contributed by atoms with Gasteiger partial charge in [0, 0.05) is 11.4 Å². The van der Waals surface area contributed by atoms with Crippen LogP contribution in [0.25, 0.3) is 0 Å². The summed E-state index contributed by atoms with van der Waals surface area (Å²) in [5.74, 6) is 0. The van der Waals surface area contributed by atoms with Crippen LogP contribution in [0.15, 0.2) is 11.6 Å². The molecule has 0 aromatic heterocycles. The topological polar surface area (TPSA) is 3.24 Å². The average Bonchev–Trinajstić information content (AvgIpc) is 1.58. The molecular formula is C8H16BrN. The SMILES string of the molecule is C/C(=C/C(C)Br)CN(C)C. The van der Waals surface area contributed by atoms with Crippen LogP contribution in [0.4, 0.5) is 0 Å². The highest BCUT2D eigenvalue weighted by atomic mass is 79.9. The van der Waals surface area contributed by atoms with E-state index >= 15 is 0 Å². The number of likely N-dealkylation sites (N-methyl/N-ethyl adjacent to an activating group) is 1. The summed E-state index contributed by atoms with van der Waals surface area (Å²) < 4.78 is 0. The minimum atomic E-state index is 0.493. The molecule has 60 valence electrons. The summed E-state index contributed by atoms with van der Waals surface area (Å²) in [5, 5.41) is 0. The smallest absolute Gasteiger partial charge is 0.0300 e. The van der Waals surface area contributed by atoms with Crippen LogP contribution in [0.5, 0.6) is 0 Å². The Balaban J connectivity index is 3.71. The summed E-state index contributed by atoms with van der Waals surface area (Å²) in [4.78, 5) is 2.66.